The van der Waals surface area contributed by atoms with E-state index in [-0.39, 0.29) is 5.91 Å². The number of rotatable bonds is 2. The summed E-state index contributed by atoms with van der Waals surface area (Å²) in [7, 11) is 0. The molecule has 1 aromatic rings. The van der Waals surface area contributed by atoms with Gasteiger partial charge in [-0.1, -0.05) is 44.2 Å². The normalized spacial score (nSPS) is 10.3. The van der Waals surface area contributed by atoms with Gasteiger partial charge in [-0.05, 0) is 5.56 Å². The summed E-state index contributed by atoms with van der Waals surface area (Å²) >= 11 is 0. The molecule has 0 bridgehead atoms. The maximum Gasteiger partial charge on any atom is 0.218 e. The van der Waals surface area contributed by atoms with Crippen LogP contribution in [0.25, 0.3) is 0 Å². The summed E-state index contributed by atoms with van der Waals surface area (Å²) in [6.07, 6.45) is 0. The molecule has 1 N–H and O–H groups in total. The number of hydrogen-bond acceptors (Lipinski definition) is 2. The van der Waals surface area contributed by atoms with Crippen LogP contribution in [0.2, 0.25) is 0 Å². The minimum atomic E-state index is -0.543. The van der Waals surface area contributed by atoms with Crippen molar-refractivity contribution >= 4 is 5.91 Å². The second-order valence-electron chi connectivity index (χ2n) is 2.67. The van der Waals surface area contributed by atoms with Gasteiger partial charge in [0.05, 0.1) is 6.07 Å². The molecule has 1 aromatic carbocycles. The maximum absolute atomic E-state index is 10.7. The SMILES string of the molecule is CC.CC(=O)NC(C#N)c1ccccc1. The first-order valence-corrected chi connectivity index (χ1v) is 4.95. The van der Waals surface area contributed by atoms with Crippen LogP contribution < -0.4 is 5.32 Å². The first-order valence-electron chi connectivity index (χ1n) is 4.95. The first-order chi connectivity index (χ1) is 7.24. The van der Waals surface area contributed by atoms with Gasteiger partial charge in [0.25, 0.3) is 0 Å². The molecule has 1 amide bonds. The molecule has 0 fully saturated rings. The van der Waals surface area contributed by atoms with Crippen LogP contribution in [0.1, 0.15) is 32.4 Å². The smallest absolute Gasteiger partial charge is 0.218 e. The molecule has 1 unspecified atom stereocenters. The van der Waals surface area contributed by atoms with Crippen molar-refractivity contribution in [2.45, 2.75) is 26.8 Å². The quantitative estimate of drug-likeness (QED) is 0.804. The number of nitrogens with zero attached hydrogens (tertiary/aromatic N) is 1. The third-order valence-corrected chi connectivity index (χ3v) is 1.61. The fraction of sp³-hybridized carbons (Fsp3) is 0.333. The number of amides is 1. The lowest BCUT2D eigenvalue weighted by Crippen LogP contribution is -2.24. The number of benzene rings is 1. The van der Waals surface area contributed by atoms with Gasteiger partial charge in [-0.2, -0.15) is 5.26 Å². The van der Waals surface area contributed by atoms with Crippen molar-refractivity contribution in [3.05, 3.63) is 35.9 Å². The predicted molar refractivity (Wildman–Crippen MR) is 60.0 cm³/mol. The van der Waals surface area contributed by atoms with Gasteiger partial charge < -0.3 is 5.32 Å². The Kier molecular flexibility index (Phi) is 6.65. The first kappa shape index (κ1) is 13.2. The molecule has 3 heteroatoms. The fourth-order valence-electron chi connectivity index (χ4n) is 1.04. The zero-order valence-corrected chi connectivity index (χ0v) is 9.32. The largest absolute Gasteiger partial charge is 0.337 e. The van der Waals surface area contributed by atoms with Crippen molar-refractivity contribution in [3.63, 3.8) is 0 Å². The van der Waals surface area contributed by atoms with Crippen molar-refractivity contribution in [1.29, 1.82) is 5.26 Å². The van der Waals surface area contributed by atoms with Crippen molar-refractivity contribution < 1.29 is 4.79 Å². The average molecular weight is 204 g/mol. The molecule has 0 aromatic heterocycles. The van der Waals surface area contributed by atoms with E-state index in [9.17, 15) is 4.79 Å². The van der Waals surface area contributed by atoms with Gasteiger partial charge in [-0.3, -0.25) is 4.79 Å². The van der Waals surface area contributed by atoms with Crippen LogP contribution >= 0.6 is 0 Å². The average Bonchev–Trinajstić information content (AvgIpc) is 2.29. The lowest BCUT2D eigenvalue weighted by molar-refractivity contribution is -0.119. The Morgan fingerprint density at radius 1 is 1.33 bits per heavy atom. The molecular weight excluding hydrogens is 188 g/mol. The van der Waals surface area contributed by atoms with Gasteiger partial charge in [-0.15, -0.1) is 0 Å². The molecule has 0 radical (unpaired) electrons. The summed E-state index contributed by atoms with van der Waals surface area (Å²) in [5.74, 6) is -0.199. The molecule has 0 saturated heterocycles. The molecule has 0 aliphatic rings. The summed E-state index contributed by atoms with van der Waals surface area (Å²) in [6, 6.07) is 10.6. The Labute approximate surface area is 90.7 Å². The summed E-state index contributed by atoms with van der Waals surface area (Å²) in [5.41, 5.74) is 0.806. The highest BCUT2D eigenvalue weighted by Gasteiger charge is 2.09. The van der Waals surface area contributed by atoms with E-state index < -0.39 is 6.04 Å². The molecular formula is C12H16N2O. The Morgan fingerprint density at radius 2 is 1.87 bits per heavy atom. The summed E-state index contributed by atoms with van der Waals surface area (Å²) < 4.78 is 0. The molecule has 1 atom stereocenters. The van der Waals surface area contributed by atoms with E-state index in [1.165, 1.54) is 6.92 Å². The molecule has 0 spiro atoms. The van der Waals surface area contributed by atoms with Crippen molar-refractivity contribution in [2.24, 2.45) is 0 Å². The zero-order chi connectivity index (χ0) is 11.7. The van der Waals surface area contributed by atoms with Crippen LogP contribution in [-0.2, 0) is 4.79 Å². The van der Waals surface area contributed by atoms with Crippen LogP contribution in [0.3, 0.4) is 0 Å². The highest BCUT2D eigenvalue weighted by Crippen LogP contribution is 2.10. The molecule has 0 saturated carbocycles. The summed E-state index contributed by atoms with van der Waals surface area (Å²) in [6.45, 7) is 5.40. The van der Waals surface area contributed by atoms with Gasteiger partial charge in [0.2, 0.25) is 5.91 Å². The predicted octanol–water partition coefficient (Wildman–Crippen LogP) is 2.41. The summed E-state index contributed by atoms with van der Waals surface area (Å²) in [4.78, 5) is 10.7. The van der Waals surface area contributed by atoms with Crippen LogP contribution in [0.4, 0.5) is 0 Å². The Hall–Kier alpha value is -1.82. The lowest BCUT2D eigenvalue weighted by Gasteiger charge is -2.09. The topological polar surface area (TPSA) is 52.9 Å². The Morgan fingerprint density at radius 3 is 2.27 bits per heavy atom. The number of nitriles is 1. The zero-order valence-electron chi connectivity index (χ0n) is 9.32. The van der Waals surface area contributed by atoms with Crippen LogP contribution in [0.5, 0.6) is 0 Å². The second-order valence-corrected chi connectivity index (χ2v) is 2.67. The monoisotopic (exact) mass is 204 g/mol. The van der Waals surface area contributed by atoms with E-state index in [4.69, 9.17) is 5.26 Å². The number of nitrogens with one attached hydrogen (secondary N) is 1. The minimum absolute atomic E-state index is 0.199. The Bertz CT molecular complexity index is 327. The van der Waals surface area contributed by atoms with Gasteiger partial charge in [0.1, 0.15) is 6.04 Å². The van der Waals surface area contributed by atoms with Gasteiger partial charge in [-0.25, -0.2) is 0 Å². The lowest BCUT2D eigenvalue weighted by atomic mass is 10.1. The molecule has 1 rings (SSSR count). The van der Waals surface area contributed by atoms with E-state index in [0.29, 0.717) is 0 Å². The molecule has 0 heterocycles. The van der Waals surface area contributed by atoms with E-state index in [0.717, 1.165) is 5.56 Å². The van der Waals surface area contributed by atoms with Crippen molar-refractivity contribution in [1.82, 2.24) is 5.32 Å². The third kappa shape index (κ3) is 4.82. The van der Waals surface area contributed by atoms with Crippen molar-refractivity contribution in [2.75, 3.05) is 0 Å². The van der Waals surface area contributed by atoms with E-state index in [2.05, 4.69) is 5.32 Å². The highest BCUT2D eigenvalue weighted by atomic mass is 16.1. The molecule has 0 aliphatic carbocycles. The minimum Gasteiger partial charge on any atom is -0.337 e. The number of hydrogen-bond donors (Lipinski definition) is 1. The standard InChI is InChI=1S/C10H10N2O.C2H6/c1-8(13)12-10(7-11)9-5-3-2-4-6-9;1-2/h2-6,10H,1H3,(H,12,13);1-2H3. The molecule has 0 aliphatic heterocycles. The highest BCUT2D eigenvalue weighted by molar-refractivity contribution is 5.73. The van der Waals surface area contributed by atoms with E-state index in [1.807, 2.05) is 50.2 Å². The number of carbonyl (C=O) groups excluding carboxylic acids is 1. The molecule has 80 valence electrons. The fourth-order valence-corrected chi connectivity index (χ4v) is 1.04. The summed E-state index contributed by atoms with van der Waals surface area (Å²) in [5, 5.41) is 11.3. The van der Waals surface area contributed by atoms with Crippen LogP contribution in [0.15, 0.2) is 30.3 Å². The van der Waals surface area contributed by atoms with Gasteiger partial charge in [0.15, 0.2) is 0 Å². The Balaban J connectivity index is 0.000000921. The van der Waals surface area contributed by atoms with Crippen LogP contribution in [-0.4, -0.2) is 5.91 Å². The molecule has 3 nitrogen and oxygen atoms in total. The van der Waals surface area contributed by atoms with Gasteiger partial charge in [0, 0.05) is 6.92 Å². The third-order valence-electron chi connectivity index (χ3n) is 1.61. The van der Waals surface area contributed by atoms with Crippen molar-refractivity contribution in [3.8, 4) is 6.07 Å². The molecule has 15 heavy (non-hydrogen) atoms. The second kappa shape index (κ2) is 7.57. The number of carbonyl (C=O) groups is 1. The maximum atomic E-state index is 10.7. The van der Waals surface area contributed by atoms with Gasteiger partial charge >= 0.3 is 0 Å². The van der Waals surface area contributed by atoms with E-state index >= 15 is 0 Å². The van der Waals surface area contributed by atoms with E-state index in [1.54, 1.807) is 0 Å². The van der Waals surface area contributed by atoms with Crippen LogP contribution in [0, 0.1) is 11.3 Å².